The molecule has 1 heterocycles. The molecule has 0 bridgehead atoms. The van der Waals surface area contributed by atoms with Gasteiger partial charge in [-0.05, 0) is 61.7 Å². The van der Waals surface area contributed by atoms with Gasteiger partial charge in [0.25, 0.3) is 0 Å². The minimum atomic E-state index is -0.751. The average Bonchev–Trinajstić information content (AvgIpc) is 2.83. The van der Waals surface area contributed by atoms with Crippen LogP contribution in [0.25, 0.3) is 6.08 Å². The predicted molar refractivity (Wildman–Crippen MR) is 120 cm³/mol. The third-order valence-electron chi connectivity index (χ3n) is 5.64. The molecule has 33 heavy (non-hydrogen) atoms. The molecule has 3 rings (SSSR count). The number of amides is 2. The number of benzene rings is 2. The summed E-state index contributed by atoms with van der Waals surface area (Å²) in [4.78, 5) is 39.0. The average molecular weight is 456 g/mol. The predicted octanol–water partition coefficient (Wildman–Crippen LogP) is 3.61. The minimum absolute atomic E-state index is 0.260. The van der Waals surface area contributed by atoms with Crippen molar-refractivity contribution in [2.45, 2.75) is 25.8 Å². The third kappa shape index (κ3) is 6.25. The molecule has 1 N–H and O–H groups in total. The number of likely N-dealkylation sites (tertiary alicyclic amines) is 1. The maximum atomic E-state index is 13.9. The fraction of sp³-hybridized carbons (Fsp3) is 0.320. The number of ketones is 1. The number of nitrogens with zero attached hydrogens (tertiary/aromatic N) is 1. The molecular weight excluding hydrogens is 430 g/mol. The molecule has 1 unspecified atom stereocenters. The molecular formula is C25H26F2N2O4. The van der Waals surface area contributed by atoms with Gasteiger partial charge in [0.2, 0.25) is 11.8 Å². The zero-order valence-electron chi connectivity index (χ0n) is 18.5. The Balaban J connectivity index is 1.50. The van der Waals surface area contributed by atoms with Crippen molar-refractivity contribution in [3.05, 3.63) is 71.3 Å². The summed E-state index contributed by atoms with van der Waals surface area (Å²) in [7, 11) is 1.57. The first kappa shape index (κ1) is 24.1. The second kappa shape index (κ2) is 10.8. The molecule has 6 nitrogen and oxygen atoms in total. The van der Waals surface area contributed by atoms with Gasteiger partial charge in [-0.25, -0.2) is 8.78 Å². The van der Waals surface area contributed by atoms with Crippen molar-refractivity contribution in [1.82, 2.24) is 10.2 Å². The molecule has 2 amide bonds. The standard InChI is InChI=1S/C25H26F2N2O4/c1-16(28-23(30)10-5-17-3-7-20(33-2)8-4-17)25(32)29-13-11-18(12-14-29)24(31)21-15-19(26)6-9-22(21)27/h3-10,15-16,18H,11-14H2,1-2H3,(H,28,30)/b10-5+. The van der Waals surface area contributed by atoms with Crippen LogP contribution >= 0.6 is 0 Å². The van der Waals surface area contributed by atoms with Crippen molar-refractivity contribution in [3.8, 4) is 5.75 Å². The van der Waals surface area contributed by atoms with Gasteiger partial charge in [0, 0.05) is 25.1 Å². The zero-order valence-corrected chi connectivity index (χ0v) is 18.5. The lowest BCUT2D eigenvalue weighted by Gasteiger charge is -2.33. The van der Waals surface area contributed by atoms with E-state index in [4.69, 9.17) is 4.74 Å². The molecule has 1 fully saturated rings. The van der Waals surface area contributed by atoms with Gasteiger partial charge in [-0.3, -0.25) is 14.4 Å². The van der Waals surface area contributed by atoms with Crippen molar-refractivity contribution >= 4 is 23.7 Å². The number of hydrogen-bond donors (Lipinski definition) is 1. The fourth-order valence-corrected chi connectivity index (χ4v) is 3.75. The summed E-state index contributed by atoms with van der Waals surface area (Å²) < 4.78 is 32.4. The number of halogens is 2. The first-order valence-corrected chi connectivity index (χ1v) is 10.7. The van der Waals surface area contributed by atoms with Crippen molar-refractivity contribution in [3.63, 3.8) is 0 Å². The Bertz CT molecular complexity index is 1040. The second-order valence-corrected chi connectivity index (χ2v) is 7.92. The maximum Gasteiger partial charge on any atom is 0.244 e. The largest absolute Gasteiger partial charge is 0.497 e. The number of nitrogens with one attached hydrogen (secondary N) is 1. The van der Waals surface area contributed by atoms with E-state index in [0.29, 0.717) is 31.7 Å². The van der Waals surface area contributed by atoms with Crippen molar-refractivity contribution in [2.75, 3.05) is 20.2 Å². The number of piperidine rings is 1. The minimum Gasteiger partial charge on any atom is -0.497 e. The number of methoxy groups -OCH3 is 1. The molecule has 1 atom stereocenters. The summed E-state index contributed by atoms with van der Waals surface area (Å²) in [6.45, 7) is 2.20. The lowest BCUT2D eigenvalue weighted by atomic mass is 9.88. The zero-order chi connectivity index (χ0) is 24.0. The maximum absolute atomic E-state index is 13.9. The van der Waals surface area contributed by atoms with E-state index in [-0.39, 0.29) is 11.5 Å². The van der Waals surface area contributed by atoms with Gasteiger partial charge < -0.3 is 15.0 Å². The van der Waals surface area contributed by atoms with Crippen LogP contribution in [0.5, 0.6) is 5.75 Å². The monoisotopic (exact) mass is 456 g/mol. The molecule has 0 radical (unpaired) electrons. The molecule has 0 aromatic heterocycles. The number of rotatable bonds is 7. The van der Waals surface area contributed by atoms with Gasteiger partial charge in [-0.15, -0.1) is 0 Å². The van der Waals surface area contributed by atoms with Gasteiger partial charge >= 0.3 is 0 Å². The molecule has 0 aliphatic carbocycles. The Hall–Kier alpha value is -3.55. The van der Waals surface area contributed by atoms with Crippen LogP contribution in [-0.2, 0) is 9.59 Å². The SMILES string of the molecule is COc1ccc(/C=C/C(=O)NC(C)C(=O)N2CCC(C(=O)c3cc(F)ccc3F)CC2)cc1. The molecule has 1 aliphatic rings. The quantitative estimate of drug-likeness (QED) is 0.510. The van der Waals surface area contributed by atoms with Crippen molar-refractivity contribution in [1.29, 1.82) is 0 Å². The Morgan fingerprint density at radius 2 is 1.76 bits per heavy atom. The molecule has 0 spiro atoms. The van der Waals surface area contributed by atoms with Gasteiger partial charge in [0.05, 0.1) is 12.7 Å². The van der Waals surface area contributed by atoms with E-state index >= 15 is 0 Å². The number of ether oxygens (including phenoxy) is 1. The summed E-state index contributed by atoms with van der Waals surface area (Å²) in [5, 5.41) is 2.64. The summed E-state index contributed by atoms with van der Waals surface area (Å²) in [6.07, 6.45) is 3.68. The Morgan fingerprint density at radius 3 is 2.39 bits per heavy atom. The number of hydrogen-bond acceptors (Lipinski definition) is 4. The van der Waals surface area contributed by atoms with E-state index in [0.717, 1.165) is 23.8 Å². The first-order valence-electron chi connectivity index (χ1n) is 10.7. The van der Waals surface area contributed by atoms with Crippen LogP contribution < -0.4 is 10.1 Å². The third-order valence-corrected chi connectivity index (χ3v) is 5.64. The van der Waals surface area contributed by atoms with Crippen LogP contribution in [0.2, 0.25) is 0 Å². The molecule has 2 aromatic carbocycles. The Kier molecular flexibility index (Phi) is 7.92. The fourth-order valence-electron chi connectivity index (χ4n) is 3.75. The molecule has 2 aromatic rings. The number of carbonyl (C=O) groups excluding carboxylic acids is 3. The van der Waals surface area contributed by atoms with Gasteiger partial charge in [-0.2, -0.15) is 0 Å². The smallest absolute Gasteiger partial charge is 0.244 e. The summed E-state index contributed by atoms with van der Waals surface area (Å²) in [5.41, 5.74) is 0.551. The van der Waals surface area contributed by atoms with E-state index in [1.165, 1.54) is 6.08 Å². The van der Waals surface area contributed by atoms with Crippen LogP contribution in [0.1, 0.15) is 35.7 Å². The summed E-state index contributed by atoms with van der Waals surface area (Å²) in [6, 6.07) is 9.24. The van der Waals surface area contributed by atoms with Crippen LogP contribution in [0, 0.1) is 17.6 Å². The summed E-state index contributed by atoms with van der Waals surface area (Å²) >= 11 is 0. The highest BCUT2D eigenvalue weighted by Gasteiger charge is 2.31. The topological polar surface area (TPSA) is 75.7 Å². The highest BCUT2D eigenvalue weighted by Crippen LogP contribution is 2.24. The first-order chi connectivity index (χ1) is 15.8. The number of carbonyl (C=O) groups is 3. The van der Waals surface area contributed by atoms with E-state index in [1.807, 2.05) is 0 Å². The van der Waals surface area contributed by atoms with Gasteiger partial charge in [0.15, 0.2) is 5.78 Å². The van der Waals surface area contributed by atoms with Crippen molar-refractivity contribution < 1.29 is 27.9 Å². The normalized spacial score (nSPS) is 15.3. The lowest BCUT2D eigenvalue weighted by molar-refractivity contribution is -0.136. The van der Waals surface area contributed by atoms with E-state index in [2.05, 4.69) is 5.32 Å². The molecule has 1 saturated heterocycles. The van der Waals surface area contributed by atoms with Crippen LogP contribution in [-0.4, -0.2) is 48.7 Å². The van der Waals surface area contributed by atoms with E-state index < -0.39 is 35.3 Å². The van der Waals surface area contributed by atoms with Crippen LogP contribution in [0.4, 0.5) is 8.78 Å². The van der Waals surface area contributed by atoms with Gasteiger partial charge in [0.1, 0.15) is 23.4 Å². The lowest BCUT2D eigenvalue weighted by Crippen LogP contribution is -2.49. The highest BCUT2D eigenvalue weighted by atomic mass is 19.1. The van der Waals surface area contributed by atoms with Crippen LogP contribution in [0.15, 0.2) is 48.5 Å². The second-order valence-electron chi connectivity index (χ2n) is 7.92. The van der Waals surface area contributed by atoms with E-state index in [1.54, 1.807) is 49.3 Å². The molecule has 174 valence electrons. The number of Topliss-reactive ketones (excluding diaryl/α,β-unsaturated/α-hetero) is 1. The van der Waals surface area contributed by atoms with Crippen LogP contribution in [0.3, 0.4) is 0 Å². The molecule has 1 aliphatic heterocycles. The van der Waals surface area contributed by atoms with E-state index in [9.17, 15) is 23.2 Å². The van der Waals surface area contributed by atoms with Crippen molar-refractivity contribution in [2.24, 2.45) is 5.92 Å². The molecule has 8 heteroatoms. The Labute approximate surface area is 191 Å². The van der Waals surface area contributed by atoms with Gasteiger partial charge in [-0.1, -0.05) is 12.1 Å². The summed E-state index contributed by atoms with van der Waals surface area (Å²) in [5.74, 6) is -2.31. The Morgan fingerprint density at radius 1 is 1.09 bits per heavy atom. The molecule has 0 saturated carbocycles. The highest BCUT2D eigenvalue weighted by molar-refractivity contribution is 5.98.